The number of thiocarbonyl (C=S) groups is 1. The SMILES string of the molecule is CNC(=S)c1ccnc2c(C(C)CN)cccc12.O=C(O)C(F)(F)F. The molecule has 0 aliphatic rings. The Hall–Kier alpha value is -2.26. The summed E-state index contributed by atoms with van der Waals surface area (Å²) in [4.78, 5) is 14.1. The van der Waals surface area contributed by atoms with Crippen molar-refractivity contribution in [1.29, 1.82) is 0 Å². The third-order valence-electron chi connectivity index (χ3n) is 3.40. The molecule has 0 bridgehead atoms. The normalized spacial score (nSPS) is 12.1. The number of alkyl halides is 3. The first-order chi connectivity index (χ1) is 11.6. The molecule has 1 aromatic heterocycles. The van der Waals surface area contributed by atoms with E-state index >= 15 is 0 Å². The highest BCUT2D eigenvalue weighted by molar-refractivity contribution is 7.80. The van der Waals surface area contributed by atoms with Crippen molar-refractivity contribution in [3.05, 3.63) is 41.6 Å². The lowest BCUT2D eigenvalue weighted by Gasteiger charge is -2.14. The number of nitrogens with one attached hydrogen (secondary N) is 1. The molecular formula is C16H18F3N3O2S. The van der Waals surface area contributed by atoms with Crippen LogP contribution in [0.3, 0.4) is 0 Å². The highest BCUT2D eigenvalue weighted by Crippen LogP contribution is 2.25. The average molecular weight is 373 g/mol. The number of benzene rings is 1. The third-order valence-corrected chi connectivity index (χ3v) is 3.82. The molecule has 1 unspecified atom stereocenters. The predicted octanol–water partition coefficient (Wildman–Crippen LogP) is 2.83. The van der Waals surface area contributed by atoms with Crippen LogP contribution < -0.4 is 11.1 Å². The first-order valence-electron chi connectivity index (χ1n) is 7.23. The van der Waals surface area contributed by atoms with Gasteiger partial charge in [-0.2, -0.15) is 13.2 Å². The number of nitrogens with zero attached hydrogens (tertiary/aromatic N) is 1. The molecule has 0 saturated heterocycles. The molecule has 0 spiro atoms. The number of carboxylic acid groups (broad SMARTS) is 1. The standard InChI is InChI=1S/C14H17N3S.C2HF3O2/c1-9(8-15)10-4-3-5-11-12(14(18)16-2)6-7-17-13(10)11;3-2(4,5)1(6)7/h3-7,9H,8,15H2,1-2H3,(H,16,18);(H,6,7). The number of pyridine rings is 1. The lowest BCUT2D eigenvalue weighted by molar-refractivity contribution is -0.192. The lowest BCUT2D eigenvalue weighted by Crippen LogP contribution is -2.21. The zero-order valence-electron chi connectivity index (χ0n) is 13.6. The van der Waals surface area contributed by atoms with Crippen LogP contribution in [0.5, 0.6) is 0 Å². The van der Waals surface area contributed by atoms with Gasteiger partial charge in [-0.25, -0.2) is 4.79 Å². The van der Waals surface area contributed by atoms with Crippen LogP contribution in [0.4, 0.5) is 13.2 Å². The molecule has 9 heteroatoms. The average Bonchev–Trinajstić information content (AvgIpc) is 2.59. The van der Waals surface area contributed by atoms with Crippen LogP contribution in [-0.4, -0.2) is 40.8 Å². The Bertz CT molecular complexity index is 766. The molecule has 136 valence electrons. The number of aliphatic carboxylic acids is 1. The highest BCUT2D eigenvalue weighted by Gasteiger charge is 2.38. The Kier molecular flexibility index (Phi) is 7.25. The summed E-state index contributed by atoms with van der Waals surface area (Å²) in [6.45, 7) is 2.72. The molecule has 2 rings (SSSR count). The van der Waals surface area contributed by atoms with Gasteiger partial charge in [-0.1, -0.05) is 37.3 Å². The van der Waals surface area contributed by atoms with Gasteiger partial charge in [0.2, 0.25) is 0 Å². The fraction of sp³-hybridized carbons (Fsp3) is 0.312. The number of carboxylic acids is 1. The van der Waals surface area contributed by atoms with E-state index in [9.17, 15) is 13.2 Å². The van der Waals surface area contributed by atoms with Crippen LogP contribution in [-0.2, 0) is 4.79 Å². The Morgan fingerprint density at radius 2 is 2.00 bits per heavy atom. The molecule has 0 saturated carbocycles. The third kappa shape index (κ3) is 5.36. The van der Waals surface area contributed by atoms with Gasteiger partial charge in [-0.05, 0) is 24.1 Å². The Labute approximate surface area is 148 Å². The number of para-hydroxylation sites is 1. The lowest BCUT2D eigenvalue weighted by atomic mass is 9.96. The van der Waals surface area contributed by atoms with Gasteiger partial charge in [0.1, 0.15) is 4.99 Å². The topological polar surface area (TPSA) is 88.2 Å². The van der Waals surface area contributed by atoms with Crippen molar-refractivity contribution in [2.24, 2.45) is 5.73 Å². The van der Waals surface area contributed by atoms with Gasteiger partial charge in [0.25, 0.3) is 0 Å². The zero-order chi connectivity index (χ0) is 19.2. The van der Waals surface area contributed by atoms with E-state index < -0.39 is 12.1 Å². The van der Waals surface area contributed by atoms with Crippen LogP contribution in [0.25, 0.3) is 10.9 Å². The monoisotopic (exact) mass is 373 g/mol. The number of hydrogen-bond acceptors (Lipinski definition) is 4. The minimum Gasteiger partial charge on any atom is -0.475 e. The second-order valence-corrected chi connectivity index (χ2v) is 5.53. The van der Waals surface area contributed by atoms with Crippen molar-refractivity contribution in [3.8, 4) is 0 Å². The predicted molar refractivity (Wildman–Crippen MR) is 93.7 cm³/mol. The van der Waals surface area contributed by atoms with E-state index in [4.69, 9.17) is 27.9 Å². The van der Waals surface area contributed by atoms with Gasteiger partial charge < -0.3 is 16.2 Å². The van der Waals surface area contributed by atoms with Gasteiger partial charge in [-0.3, -0.25) is 4.98 Å². The summed E-state index contributed by atoms with van der Waals surface area (Å²) in [6.07, 6.45) is -3.28. The first kappa shape index (κ1) is 20.8. The van der Waals surface area contributed by atoms with E-state index in [0.29, 0.717) is 12.5 Å². The van der Waals surface area contributed by atoms with Crippen molar-refractivity contribution in [3.63, 3.8) is 0 Å². The van der Waals surface area contributed by atoms with E-state index in [-0.39, 0.29) is 0 Å². The summed E-state index contributed by atoms with van der Waals surface area (Å²) in [5.74, 6) is -2.47. The van der Waals surface area contributed by atoms with Gasteiger partial charge >= 0.3 is 12.1 Å². The van der Waals surface area contributed by atoms with Crippen LogP contribution >= 0.6 is 12.2 Å². The maximum absolute atomic E-state index is 10.6. The van der Waals surface area contributed by atoms with E-state index in [2.05, 4.69) is 23.3 Å². The molecule has 1 atom stereocenters. The summed E-state index contributed by atoms with van der Waals surface area (Å²) in [6, 6.07) is 8.11. The maximum atomic E-state index is 10.6. The number of carbonyl (C=O) groups is 1. The summed E-state index contributed by atoms with van der Waals surface area (Å²) in [7, 11) is 1.83. The fourth-order valence-corrected chi connectivity index (χ4v) is 2.23. The summed E-state index contributed by atoms with van der Waals surface area (Å²) in [5, 5.41) is 11.2. The minimum absolute atomic E-state index is 0.291. The van der Waals surface area contributed by atoms with Crippen LogP contribution in [0.1, 0.15) is 24.0 Å². The molecule has 0 amide bonds. The quantitative estimate of drug-likeness (QED) is 0.717. The van der Waals surface area contributed by atoms with Gasteiger partial charge in [0.15, 0.2) is 0 Å². The fourth-order valence-electron chi connectivity index (χ4n) is 2.06. The van der Waals surface area contributed by atoms with E-state index in [1.807, 2.05) is 25.2 Å². The summed E-state index contributed by atoms with van der Waals surface area (Å²) < 4.78 is 31.7. The van der Waals surface area contributed by atoms with Crippen LogP contribution in [0, 0.1) is 0 Å². The number of nitrogens with two attached hydrogens (primary N) is 1. The van der Waals surface area contributed by atoms with Crippen molar-refractivity contribution in [1.82, 2.24) is 10.3 Å². The van der Waals surface area contributed by atoms with Gasteiger partial charge in [0, 0.05) is 24.2 Å². The molecule has 4 N–H and O–H groups in total. The smallest absolute Gasteiger partial charge is 0.475 e. The Morgan fingerprint density at radius 3 is 2.48 bits per heavy atom. The number of hydrogen-bond donors (Lipinski definition) is 3. The molecule has 1 aromatic carbocycles. The van der Waals surface area contributed by atoms with Gasteiger partial charge in [0.05, 0.1) is 5.52 Å². The second-order valence-electron chi connectivity index (χ2n) is 5.12. The Balaban J connectivity index is 0.000000381. The van der Waals surface area contributed by atoms with E-state index in [1.165, 1.54) is 5.56 Å². The van der Waals surface area contributed by atoms with Crippen LogP contribution in [0.2, 0.25) is 0 Å². The molecule has 1 heterocycles. The second kappa shape index (κ2) is 8.72. The van der Waals surface area contributed by atoms with Crippen molar-refractivity contribution < 1.29 is 23.1 Å². The number of fused-ring (bicyclic) bond motifs is 1. The molecule has 0 aliphatic carbocycles. The zero-order valence-corrected chi connectivity index (χ0v) is 14.4. The van der Waals surface area contributed by atoms with Crippen molar-refractivity contribution >= 4 is 34.1 Å². The number of halogens is 3. The molecular weight excluding hydrogens is 355 g/mol. The van der Waals surface area contributed by atoms with Crippen molar-refractivity contribution in [2.45, 2.75) is 19.0 Å². The molecule has 0 fully saturated rings. The van der Waals surface area contributed by atoms with Crippen molar-refractivity contribution in [2.75, 3.05) is 13.6 Å². The number of aromatic nitrogens is 1. The van der Waals surface area contributed by atoms with Crippen LogP contribution in [0.15, 0.2) is 30.5 Å². The van der Waals surface area contributed by atoms with E-state index in [0.717, 1.165) is 21.5 Å². The Morgan fingerprint density at radius 1 is 1.40 bits per heavy atom. The van der Waals surface area contributed by atoms with E-state index in [1.54, 1.807) is 6.20 Å². The molecule has 25 heavy (non-hydrogen) atoms. The summed E-state index contributed by atoms with van der Waals surface area (Å²) in [5.41, 5.74) is 8.94. The molecule has 0 radical (unpaired) electrons. The first-order valence-corrected chi connectivity index (χ1v) is 7.64. The molecule has 5 nitrogen and oxygen atoms in total. The van der Waals surface area contributed by atoms with Gasteiger partial charge in [-0.15, -0.1) is 0 Å². The molecule has 0 aliphatic heterocycles. The number of rotatable bonds is 3. The highest BCUT2D eigenvalue weighted by atomic mass is 32.1. The minimum atomic E-state index is -5.08. The summed E-state index contributed by atoms with van der Waals surface area (Å²) >= 11 is 5.32. The largest absolute Gasteiger partial charge is 0.490 e. The maximum Gasteiger partial charge on any atom is 0.490 e. The molecule has 2 aromatic rings.